The third-order valence-electron chi connectivity index (χ3n) is 2.58. The Morgan fingerprint density at radius 3 is 2.67 bits per heavy atom. The van der Waals surface area contributed by atoms with Gasteiger partial charge in [0.25, 0.3) is 0 Å². The molecule has 1 amide bonds. The van der Waals surface area contributed by atoms with Gasteiger partial charge in [0, 0.05) is 6.54 Å². The van der Waals surface area contributed by atoms with Crippen LogP contribution >= 0.6 is 0 Å². The van der Waals surface area contributed by atoms with Gasteiger partial charge in [-0.1, -0.05) is 26.0 Å². The Hall–Kier alpha value is -1.84. The van der Waals surface area contributed by atoms with Gasteiger partial charge in [0.1, 0.15) is 0 Å². The molecule has 98 valence electrons. The van der Waals surface area contributed by atoms with Gasteiger partial charge in [0.15, 0.2) is 0 Å². The van der Waals surface area contributed by atoms with Gasteiger partial charge in [-0.05, 0) is 30.0 Å². The van der Waals surface area contributed by atoms with Gasteiger partial charge in [-0.3, -0.25) is 4.79 Å². The van der Waals surface area contributed by atoms with Crippen LogP contribution < -0.4 is 5.32 Å². The van der Waals surface area contributed by atoms with Gasteiger partial charge in [-0.2, -0.15) is 0 Å². The SMILES string of the molecule is CC(C)CCNC(=O)Cc1cccc(C(=O)O)c1. The molecule has 4 heteroatoms. The van der Waals surface area contributed by atoms with Crippen molar-refractivity contribution in [1.29, 1.82) is 0 Å². The molecule has 0 saturated carbocycles. The predicted octanol–water partition coefficient (Wildman–Crippen LogP) is 2.09. The average molecular weight is 249 g/mol. The summed E-state index contributed by atoms with van der Waals surface area (Å²) in [6, 6.07) is 6.46. The Balaban J connectivity index is 2.49. The minimum atomic E-state index is -0.975. The maximum Gasteiger partial charge on any atom is 0.335 e. The van der Waals surface area contributed by atoms with E-state index in [1.807, 2.05) is 0 Å². The molecular weight excluding hydrogens is 230 g/mol. The molecule has 0 spiro atoms. The Bertz CT molecular complexity index is 427. The Labute approximate surface area is 107 Å². The molecule has 0 aliphatic heterocycles. The second-order valence-electron chi connectivity index (χ2n) is 4.71. The van der Waals surface area contributed by atoms with Crippen LogP contribution in [0.15, 0.2) is 24.3 Å². The van der Waals surface area contributed by atoms with Gasteiger partial charge >= 0.3 is 5.97 Å². The lowest BCUT2D eigenvalue weighted by Gasteiger charge is -2.07. The first-order valence-corrected chi connectivity index (χ1v) is 6.08. The summed E-state index contributed by atoms with van der Waals surface area (Å²) in [4.78, 5) is 22.4. The molecule has 0 heterocycles. The molecule has 1 rings (SSSR count). The van der Waals surface area contributed by atoms with Crippen molar-refractivity contribution >= 4 is 11.9 Å². The molecule has 0 fully saturated rings. The molecule has 0 radical (unpaired) electrons. The van der Waals surface area contributed by atoms with E-state index in [9.17, 15) is 9.59 Å². The van der Waals surface area contributed by atoms with Crippen molar-refractivity contribution in [3.05, 3.63) is 35.4 Å². The van der Waals surface area contributed by atoms with Gasteiger partial charge in [-0.25, -0.2) is 4.79 Å². The van der Waals surface area contributed by atoms with Crippen LogP contribution in [0.4, 0.5) is 0 Å². The van der Waals surface area contributed by atoms with E-state index in [1.165, 1.54) is 12.1 Å². The minimum absolute atomic E-state index is 0.0711. The molecular formula is C14H19NO3. The fraction of sp³-hybridized carbons (Fsp3) is 0.429. The number of aromatic carboxylic acids is 1. The number of carbonyl (C=O) groups is 2. The minimum Gasteiger partial charge on any atom is -0.478 e. The van der Waals surface area contributed by atoms with Crippen LogP contribution in [0.1, 0.15) is 36.2 Å². The largest absolute Gasteiger partial charge is 0.478 e. The summed E-state index contributed by atoms with van der Waals surface area (Å²) in [5.41, 5.74) is 0.930. The molecule has 4 nitrogen and oxygen atoms in total. The molecule has 0 aromatic heterocycles. The number of carbonyl (C=O) groups excluding carboxylic acids is 1. The molecule has 0 atom stereocenters. The predicted molar refractivity (Wildman–Crippen MR) is 69.6 cm³/mol. The van der Waals surface area contributed by atoms with E-state index in [-0.39, 0.29) is 17.9 Å². The van der Waals surface area contributed by atoms with E-state index in [4.69, 9.17) is 5.11 Å². The van der Waals surface area contributed by atoms with Crippen molar-refractivity contribution in [2.45, 2.75) is 26.7 Å². The molecule has 1 aromatic rings. The number of carboxylic acid groups (broad SMARTS) is 1. The summed E-state index contributed by atoms with van der Waals surface area (Å²) >= 11 is 0. The number of amides is 1. The third kappa shape index (κ3) is 4.99. The fourth-order valence-electron chi connectivity index (χ4n) is 1.56. The van der Waals surface area contributed by atoms with Gasteiger partial charge < -0.3 is 10.4 Å². The molecule has 0 aliphatic carbocycles. The second kappa shape index (κ2) is 6.79. The summed E-state index contributed by atoms with van der Waals surface area (Å²) in [5, 5.41) is 11.7. The van der Waals surface area contributed by atoms with Crippen LogP contribution in [0.5, 0.6) is 0 Å². The molecule has 0 unspecified atom stereocenters. The third-order valence-corrected chi connectivity index (χ3v) is 2.58. The highest BCUT2D eigenvalue weighted by Crippen LogP contribution is 2.06. The van der Waals surface area contributed by atoms with Crippen LogP contribution in [0.2, 0.25) is 0 Å². The molecule has 18 heavy (non-hydrogen) atoms. The van der Waals surface area contributed by atoms with E-state index in [1.54, 1.807) is 12.1 Å². The lowest BCUT2D eigenvalue weighted by molar-refractivity contribution is -0.120. The monoisotopic (exact) mass is 249 g/mol. The highest BCUT2D eigenvalue weighted by molar-refractivity contribution is 5.88. The van der Waals surface area contributed by atoms with E-state index in [2.05, 4.69) is 19.2 Å². The molecule has 0 bridgehead atoms. The smallest absolute Gasteiger partial charge is 0.335 e. The first-order chi connectivity index (χ1) is 8.49. The Morgan fingerprint density at radius 1 is 1.33 bits per heavy atom. The highest BCUT2D eigenvalue weighted by atomic mass is 16.4. The van der Waals surface area contributed by atoms with Crippen LogP contribution in [0, 0.1) is 5.92 Å². The summed E-state index contributed by atoms with van der Waals surface area (Å²) in [5.74, 6) is -0.490. The first kappa shape index (κ1) is 14.2. The Morgan fingerprint density at radius 2 is 2.06 bits per heavy atom. The number of carboxylic acids is 1. The fourth-order valence-corrected chi connectivity index (χ4v) is 1.56. The van der Waals surface area contributed by atoms with Crippen molar-refractivity contribution in [3.63, 3.8) is 0 Å². The summed E-state index contributed by atoms with van der Waals surface area (Å²) in [7, 11) is 0. The van der Waals surface area contributed by atoms with Crippen LogP contribution in [-0.2, 0) is 11.2 Å². The molecule has 0 aliphatic rings. The van der Waals surface area contributed by atoms with E-state index in [0.29, 0.717) is 12.5 Å². The Kier molecular flexibility index (Phi) is 5.36. The lowest BCUT2D eigenvalue weighted by atomic mass is 10.1. The van der Waals surface area contributed by atoms with Gasteiger partial charge in [0.2, 0.25) is 5.91 Å². The van der Waals surface area contributed by atoms with E-state index >= 15 is 0 Å². The first-order valence-electron chi connectivity index (χ1n) is 6.08. The van der Waals surface area contributed by atoms with Gasteiger partial charge in [0.05, 0.1) is 12.0 Å². The average Bonchev–Trinajstić information content (AvgIpc) is 2.28. The number of nitrogens with one attached hydrogen (secondary N) is 1. The van der Waals surface area contributed by atoms with Crippen molar-refractivity contribution in [2.75, 3.05) is 6.54 Å². The molecule has 1 aromatic carbocycles. The van der Waals surface area contributed by atoms with Gasteiger partial charge in [-0.15, -0.1) is 0 Å². The summed E-state index contributed by atoms with van der Waals surface area (Å²) < 4.78 is 0. The van der Waals surface area contributed by atoms with E-state index in [0.717, 1.165) is 12.0 Å². The maximum atomic E-state index is 11.6. The van der Waals surface area contributed by atoms with Crippen LogP contribution in [-0.4, -0.2) is 23.5 Å². The summed E-state index contributed by atoms with van der Waals surface area (Å²) in [6.45, 7) is 4.86. The zero-order valence-electron chi connectivity index (χ0n) is 10.8. The number of benzene rings is 1. The number of rotatable bonds is 6. The molecule has 0 saturated heterocycles. The standard InChI is InChI=1S/C14H19NO3/c1-10(2)6-7-15-13(16)9-11-4-3-5-12(8-11)14(17)18/h3-5,8,10H,6-7,9H2,1-2H3,(H,15,16)(H,17,18). The normalized spacial score (nSPS) is 10.4. The zero-order chi connectivity index (χ0) is 13.5. The van der Waals surface area contributed by atoms with Crippen molar-refractivity contribution in [3.8, 4) is 0 Å². The van der Waals surface area contributed by atoms with Crippen LogP contribution in [0.3, 0.4) is 0 Å². The molecule has 2 N–H and O–H groups in total. The van der Waals surface area contributed by atoms with E-state index < -0.39 is 5.97 Å². The van der Waals surface area contributed by atoms with Crippen molar-refractivity contribution in [2.24, 2.45) is 5.92 Å². The highest BCUT2D eigenvalue weighted by Gasteiger charge is 2.07. The lowest BCUT2D eigenvalue weighted by Crippen LogP contribution is -2.26. The second-order valence-corrected chi connectivity index (χ2v) is 4.71. The van der Waals surface area contributed by atoms with Crippen molar-refractivity contribution in [1.82, 2.24) is 5.32 Å². The van der Waals surface area contributed by atoms with Crippen molar-refractivity contribution < 1.29 is 14.7 Å². The maximum absolute atomic E-state index is 11.6. The summed E-state index contributed by atoms with van der Waals surface area (Å²) in [6.07, 6.45) is 1.17. The zero-order valence-corrected chi connectivity index (χ0v) is 10.8. The quantitative estimate of drug-likeness (QED) is 0.811. The number of hydrogen-bond donors (Lipinski definition) is 2. The topological polar surface area (TPSA) is 66.4 Å². The number of hydrogen-bond acceptors (Lipinski definition) is 2. The van der Waals surface area contributed by atoms with Crippen LogP contribution in [0.25, 0.3) is 0 Å².